The summed E-state index contributed by atoms with van der Waals surface area (Å²) in [4.78, 5) is 0. The highest BCUT2D eigenvalue weighted by atomic mass is 16.5. The molecule has 0 saturated heterocycles. The molecule has 0 unspecified atom stereocenters. The Bertz CT molecular complexity index is 400. The predicted octanol–water partition coefficient (Wildman–Crippen LogP) is 3.53. The molecule has 0 spiro atoms. The Balaban J connectivity index is 2.45. The van der Waals surface area contributed by atoms with Gasteiger partial charge in [-0.1, -0.05) is 19.9 Å². The first kappa shape index (κ1) is 11.3. The van der Waals surface area contributed by atoms with Crippen molar-refractivity contribution < 1.29 is 9.47 Å². The van der Waals surface area contributed by atoms with Crippen LogP contribution in [0.1, 0.15) is 40.2 Å². The van der Waals surface area contributed by atoms with Gasteiger partial charge in [-0.25, -0.2) is 0 Å². The van der Waals surface area contributed by atoms with E-state index in [9.17, 15) is 0 Å². The van der Waals surface area contributed by atoms with E-state index in [0.29, 0.717) is 0 Å². The van der Waals surface area contributed by atoms with Crippen molar-refractivity contribution in [3.05, 3.63) is 23.8 Å². The van der Waals surface area contributed by atoms with E-state index in [0.717, 1.165) is 18.1 Å². The van der Waals surface area contributed by atoms with Crippen LogP contribution in [0.15, 0.2) is 18.2 Å². The summed E-state index contributed by atoms with van der Waals surface area (Å²) in [5.74, 6) is 1.92. The Kier molecular flexibility index (Phi) is 2.41. The van der Waals surface area contributed by atoms with Gasteiger partial charge < -0.3 is 9.47 Å². The zero-order chi connectivity index (χ0) is 12.0. The van der Waals surface area contributed by atoms with Crippen LogP contribution < -0.4 is 9.47 Å². The molecule has 88 valence electrons. The number of ether oxygens (including phenoxy) is 2. The molecule has 0 aromatic heterocycles. The second-order valence-electron chi connectivity index (χ2n) is 6.02. The second-order valence-corrected chi connectivity index (χ2v) is 6.02. The molecule has 0 bridgehead atoms. The van der Waals surface area contributed by atoms with Crippen LogP contribution in [0.25, 0.3) is 0 Å². The summed E-state index contributed by atoms with van der Waals surface area (Å²) in [5, 5.41) is 0. The van der Waals surface area contributed by atoms with Gasteiger partial charge in [-0.05, 0) is 32.9 Å². The lowest BCUT2D eigenvalue weighted by Crippen LogP contribution is -2.26. The summed E-state index contributed by atoms with van der Waals surface area (Å²) in [5.41, 5.74) is 1.07. The molecule has 0 saturated carbocycles. The minimum absolute atomic E-state index is 0.0389. The van der Waals surface area contributed by atoms with Gasteiger partial charge in [0.15, 0.2) is 0 Å². The van der Waals surface area contributed by atoms with Gasteiger partial charge in [-0.15, -0.1) is 0 Å². The van der Waals surface area contributed by atoms with Crippen LogP contribution >= 0.6 is 0 Å². The smallest absolute Gasteiger partial charge is 0.127 e. The molecule has 2 rings (SSSR count). The van der Waals surface area contributed by atoms with Crippen LogP contribution in [0.5, 0.6) is 11.5 Å². The van der Waals surface area contributed by atoms with Gasteiger partial charge in [0.1, 0.15) is 17.1 Å². The van der Waals surface area contributed by atoms with E-state index < -0.39 is 0 Å². The molecule has 2 heteroatoms. The van der Waals surface area contributed by atoms with E-state index in [1.807, 2.05) is 18.2 Å². The number of hydrogen-bond acceptors (Lipinski definition) is 2. The maximum absolute atomic E-state index is 6.00. The van der Waals surface area contributed by atoms with Crippen molar-refractivity contribution in [2.45, 2.75) is 45.6 Å². The number of hydrogen-bond donors (Lipinski definition) is 0. The highest BCUT2D eigenvalue weighted by Crippen LogP contribution is 2.44. The van der Waals surface area contributed by atoms with Crippen LogP contribution in [0, 0.1) is 0 Å². The zero-order valence-electron chi connectivity index (χ0n) is 10.8. The number of rotatable bonds is 1. The van der Waals surface area contributed by atoms with Crippen LogP contribution in [0.4, 0.5) is 0 Å². The van der Waals surface area contributed by atoms with Gasteiger partial charge in [0.25, 0.3) is 0 Å². The molecular weight excluding hydrogens is 200 g/mol. The summed E-state index contributed by atoms with van der Waals surface area (Å²) in [6.07, 6.45) is 0. The lowest BCUT2D eigenvalue weighted by atomic mass is 9.86. The van der Waals surface area contributed by atoms with Crippen molar-refractivity contribution >= 4 is 0 Å². The Morgan fingerprint density at radius 1 is 1.25 bits per heavy atom. The standard InChI is InChI=1S/C14H20O2/c1-13(2,3)16-11-8-6-7-10-12(11)14(4,5)9-15-10/h6-8H,9H2,1-5H3. The normalized spacial score (nSPS) is 17.8. The van der Waals surface area contributed by atoms with E-state index in [2.05, 4.69) is 34.6 Å². The Morgan fingerprint density at radius 2 is 1.94 bits per heavy atom. The zero-order valence-corrected chi connectivity index (χ0v) is 10.8. The molecule has 0 N–H and O–H groups in total. The van der Waals surface area contributed by atoms with E-state index in [4.69, 9.17) is 9.47 Å². The number of fused-ring (bicyclic) bond motifs is 1. The lowest BCUT2D eigenvalue weighted by Gasteiger charge is -2.26. The molecule has 0 radical (unpaired) electrons. The molecule has 0 fully saturated rings. The largest absolute Gasteiger partial charge is 0.492 e. The second kappa shape index (κ2) is 3.41. The third-order valence-corrected chi connectivity index (χ3v) is 2.67. The molecule has 1 aliphatic heterocycles. The monoisotopic (exact) mass is 220 g/mol. The average molecular weight is 220 g/mol. The van der Waals surface area contributed by atoms with E-state index in [-0.39, 0.29) is 11.0 Å². The molecule has 0 aliphatic carbocycles. The van der Waals surface area contributed by atoms with Crippen LogP contribution in [-0.4, -0.2) is 12.2 Å². The molecule has 1 aromatic rings. The molecular formula is C14H20O2. The molecule has 16 heavy (non-hydrogen) atoms. The molecule has 0 amide bonds. The van der Waals surface area contributed by atoms with Gasteiger partial charge in [0, 0.05) is 11.0 Å². The predicted molar refractivity (Wildman–Crippen MR) is 65.3 cm³/mol. The van der Waals surface area contributed by atoms with Crippen molar-refractivity contribution in [2.24, 2.45) is 0 Å². The summed E-state index contributed by atoms with van der Waals surface area (Å²) in [6.45, 7) is 11.3. The first-order chi connectivity index (χ1) is 7.30. The third-order valence-electron chi connectivity index (χ3n) is 2.67. The van der Waals surface area contributed by atoms with Gasteiger partial charge >= 0.3 is 0 Å². The van der Waals surface area contributed by atoms with Crippen molar-refractivity contribution in [1.82, 2.24) is 0 Å². The highest BCUT2D eigenvalue weighted by Gasteiger charge is 2.35. The van der Waals surface area contributed by atoms with Gasteiger partial charge in [0.2, 0.25) is 0 Å². The van der Waals surface area contributed by atoms with Gasteiger partial charge in [0.05, 0.1) is 6.61 Å². The topological polar surface area (TPSA) is 18.5 Å². The Labute approximate surface area is 97.6 Å². The summed E-state index contributed by atoms with van der Waals surface area (Å²) < 4.78 is 11.7. The van der Waals surface area contributed by atoms with Crippen LogP contribution in [0.3, 0.4) is 0 Å². The van der Waals surface area contributed by atoms with Gasteiger partial charge in [-0.3, -0.25) is 0 Å². The van der Waals surface area contributed by atoms with E-state index in [1.54, 1.807) is 0 Å². The summed E-state index contributed by atoms with van der Waals surface area (Å²) in [6, 6.07) is 6.03. The average Bonchev–Trinajstić information content (AvgIpc) is 2.41. The Hall–Kier alpha value is -1.18. The number of benzene rings is 1. The highest BCUT2D eigenvalue weighted by molar-refractivity contribution is 5.52. The maximum atomic E-state index is 6.00. The molecule has 2 nitrogen and oxygen atoms in total. The minimum atomic E-state index is -0.173. The maximum Gasteiger partial charge on any atom is 0.127 e. The minimum Gasteiger partial charge on any atom is -0.492 e. The quantitative estimate of drug-likeness (QED) is 0.720. The Morgan fingerprint density at radius 3 is 2.56 bits per heavy atom. The van der Waals surface area contributed by atoms with Gasteiger partial charge in [-0.2, -0.15) is 0 Å². The van der Waals surface area contributed by atoms with Crippen molar-refractivity contribution in [1.29, 1.82) is 0 Å². The van der Waals surface area contributed by atoms with Crippen LogP contribution in [0.2, 0.25) is 0 Å². The summed E-state index contributed by atoms with van der Waals surface area (Å²) >= 11 is 0. The van der Waals surface area contributed by atoms with Crippen molar-refractivity contribution in [3.63, 3.8) is 0 Å². The fourth-order valence-corrected chi connectivity index (χ4v) is 2.04. The molecule has 1 aliphatic rings. The van der Waals surface area contributed by atoms with E-state index in [1.165, 1.54) is 5.56 Å². The van der Waals surface area contributed by atoms with E-state index >= 15 is 0 Å². The fourth-order valence-electron chi connectivity index (χ4n) is 2.04. The third kappa shape index (κ3) is 2.01. The summed E-state index contributed by atoms with van der Waals surface area (Å²) in [7, 11) is 0. The molecule has 1 heterocycles. The first-order valence-electron chi connectivity index (χ1n) is 5.75. The lowest BCUT2D eigenvalue weighted by molar-refractivity contribution is 0.128. The molecule has 0 atom stereocenters. The first-order valence-corrected chi connectivity index (χ1v) is 5.75. The fraction of sp³-hybridized carbons (Fsp3) is 0.571. The van der Waals surface area contributed by atoms with Crippen LogP contribution in [-0.2, 0) is 5.41 Å². The van der Waals surface area contributed by atoms with Crippen molar-refractivity contribution in [2.75, 3.05) is 6.61 Å². The van der Waals surface area contributed by atoms with Crippen molar-refractivity contribution in [3.8, 4) is 11.5 Å². The molecule has 1 aromatic carbocycles. The SMILES string of the molecule is CC(C)(C)Oc1cccc2c1C(C)(C)CO2.